The summed E-state index contributed by atoms with van der Waals surface area (Å²) in [5.41, 5.74) is 3.70. The van der Waals surface area contributed by atoms with Crippen LogP contribution < -0.4 is 10.2 Å². The number of aliphatic hydroxyl groups is 1. The number of aryl methyl sites for hydroxylation is 1. The molecule has 0 aliphatic carbocycles. The first kappa shape index (κ1) is 32.5. The largest absolute Gasteiger partial charge is 0.445 e. The first-order valence-electron chi connectivity index (χ1n) is 15.4. The first-order valence-corrected chi connectivity index (χ1v) is 16.3. The average molecular weight is 657 g/mol. The minimum absolute atomic E-state index is 0.00178. The Kier molecular flexibility index (Phi) is 10.0. The van der Waals surface area contributed by atoms with Crippen LogP contribution in [0.2, 0.25) is 0 Å². The monoisotopic (exact) mass is 656 g/mol. The highest BCUT2D eigenvalue weighted by Crippen LogP contribution is 2.43. The molecule has 4 aromatic rings. The van der Waals surface area contributed by atoms with Gasteiger partial charge in [0.1, 0.15) is 12.6 Å². The molecule has 0 spiro atoms. The number of carbonyl (C=O) groups is 3. The van der Waals surface area contributed by atoms with E-state index in [4.69, 9.17) is 14.2 Å². The van der Waals surface area contributed by atoms with E-state index >= 15 is 0 Å². The lowest BCUT2D eigenvalue weighted by molar-refractivity contribution is -0.268. The zero-order valence-corrected chi connectivity index (χ0v) is 26.8. The van der Waals surface area contributed by atoms with Gasteiger partial charge in [-0.15, -0.1) is 0 Å². The van der Waals surface area contributed by atoms with Crippen molar-refractivity contribution in [3.63, 3.8) is 0 Å². The van der Waals surface area contributed by atoms with Crippen LogP contribution in [-0.2, 0) is 44.1 Å². The van der Waals surface area contributed by atoms with Gasteiger partial charge < -0.3 is 29.2 Å². The number of ether oxygens (including phenoxy) is 3. The number of carbonyl (C=O) groups excluding carboxylic acids is 3. The van der Waals surface area contributed by atoms with Crippen LogP contribution in [0.3, 0.4) is 0 Å². The van der Waals surface area contributed by atoms with Crippen molar-refractivity contribution >= 4 is 35.4 Å². The lowest BCUT2D eigenvalue weighted by atomic mass is 9.91. The number of imide groups is 1. The minimum atomic E-state index is -1.02. The number of thioether (sulfide) groups is 1. The number of amides is 3. The predicted octanol–water partition coefficient (Wildman–Crippen LogP) is 5.05. The van der Waals surface area contributed by atoms with E-state index in [9.17, 15) is 19.5 Å². The number of anilines is 1. The molecule has 0 saturated carbocycles. The maximum atomic E-state index is 13.2. The number of hydrogen-bond donors (Lipinski definition) is 2. The fraction of sp³-hybridized carbons (Fsp3) is 0.314. The summed E-state index contributed by atoms with van der Waals surface area (Å²) >= 11 is 1.61. The van der Waals surface area contributed by atoms with Gasteiger partial charge in [-0.3, -0.25) is 9.59 Å². The van der Waals surface area contributed by atoms with Crippen LogP contribution in [0.15, 0.2) is 96.4 Å². The molecular formula is C35H36N4O7S. The van der Waals surface area contributed by atoms with Crippen molar-refractivity contribution in [2.75, 3.05) is 10.7 Å². The summed E-state index contributed by atoms with van der Waals surface area (Å²) in [6, 6.07) is 22.8. The van der Waals surface area contributed by atoms with E-state index in [2.05, 4.69) is 17.2 Å². The number of hydrogen-bond acceptors (Lipinski definition) is 9. The van der Waals surface area contributed by atoms with Crippen molar-refractivity contribution < 1.29 is 33.7 Å². The molecule has 5 unspecified atom stereocenters. The SMILES string of the molecule is CC1C(CSc2nccn2C)OC(c2ccc(N3C(=O)CC(NC(=O)OCc4ccccc4)C3=O)cc2)OC1c1ccc(CO)cc1. The fourth-order valence-electron chi connectivity index (χ4n) is 5.66. The second kappa shape index (κ2) is 14.5. The van der Waals surface area contributed by atoms with Crippen molar-refractivity contribution in [2.24, 2.45) is 13.0 Å². The van der Waals surface area contributed by atoms with Crippen LogP contribution in [-0.4, -0.2) is 50.5 Å². The Morgan fingerprint density at radius 2 is 1.72 bits per heavy atom. The summed E-state index contributed by atoms with van der Waals surface area (Å²) in [6.45, 7) is 2.10. The molecule has 6 rings (SSSR count). The molecule has 3 amide bonds. The predicted molar refractivity (Wildman–Crippen MR) is 174 cm³/mol. The van der Waals surface area contributed by atoms with Gasteiger partial charge in [0.25, 0.3) is 5.91 Å². The highest BCUT2D eigenvalue weighted by atomic mass is 32.2. The van der Waals surface area contributed by atoms with Gasteiger partial charge in [0.05, 0.1) is 30.9 Å². The molecule has 2 fully saturated rings. The maximum absolute atomic E-state index is 13.2. The normalized spacial score (nSPS) is 22.8. The minimum Gasteiger partial charge on any atom is -0.445 e. The van der Waals surface area contributed by atoms with Crippen molar-refractivity contribution in [1.82, 2.24) is 14.9 Å². The molecule has 1 aromatic heterocycles. The van der Waals surface area contributed by atoms with Gasteiger partial charge in [0.15, 0.2) is 11.4 Å². The number of nitrogens with one attached hydrogen (secondary N) is 1. The lowest BCUT2D eigenvalue weighted by Gasteiger charge is -2.41. The summed E-state index contributed by atoms with van der Waals surface area (Å²) in [5.74, 6) is -0.306. The fourth-order valence-corrected chi connectivity index (χ4v) is 6.76. The molecule has 2 N–H and O–H groups in total. The molecule has 11 nitrogen and oxygen atoms in total. The third kappa shape index (κ3) is 7.41. The topological polar surface area (TPSA) is 132 Å². The zero-order chi connectivity index (χ0) is 32.9. The molecule has 3 heterocycles. The summed E-state index contributed by atoms with van der Waals surface area (Å²) < 4.78 is 20.2. The Morgan fingerprint density at radius 1 is 1.00 bits per heavy atom. The Morgan fingerprint density at radius 3 is 2.40 bits per heavy atom. The second-order valence-electron chi connectivity index (χ2n) is 11.6. The Labute approximate surface area is 276 Å². The third-order valence-corrected chi connectivity index (χ3v) is 9.50. The smallest absolute Gasteiger partial charge is 0.408 e. The highest BCUT2D eigenvalue weighted by molar-refractivity contribution is 7.99. The first-order chi connectivity index (χ1) is 22.8. The van der Waals surface area contributed by atoms with E-state index in [1.165, 1.54) is 0 Å². The second-order valence-corrected chi connectivity index (χ2v) is 12.6. The van der Waals surface area contributed by atoms with Crippen LogP contribution >= 0.6 is 11.8 Å². The number of imidazole rings is 1. The van der Waals surface area contributed by atoms with Gasteiger partial charge >= 0.3 is 6.09 Å². The van der Waals surface area contributed by atoms with Gasteiger partial charge in [-0.05, 0) is 28.8 Å². The molecule has 12 heteroatoms. The quantitative estimate of drug-likeness (QED) is 0.178. The Balaban J connectivity index is 1.14. The van der Waals surface area contributed by atoms with E-state index in [1.54, 1.807) is 42.2 Å². The van der Waals surface area contributed by atoms with E-state index in [-0.39, 0.29) is 37.8 Å². The molecule has 3 aromatic carbocycles. The number of alkyl carbamates (subject to hydrolysis) is 1. The lowest BCUT2D eigenvalue weighted by Crippen LogP contribution is -2.42. The molecular weight excluding hydrogens is 620 g/mol. The van der Waals surface area contributed by atoms with Gasteiger partial charge in [0.2, 0.25) is 5.91 Å². The summed E-state index contributed by atoms with van der Waals surface area (Å²) in [6.07, 6.45) is 1.54. The van der Waals surface area contributed by atoms with Crippen molar-refractivity contribution in [1.29, 1.82) is 0 Å². The van der Waals surface area contributed by atoms with Crippen LogP contribution in [0.1, 0.15) is 48.0 Å². The van der Waals surface area contributed by atoms with Crippen LogP contribution in [0.4, 0.5) is 10.5 Å². The molecule has 0 bridgehead atoms. The summed E-state index contributed by atoms with van der Waals surface area (Å²) in [7, 11) is 1.95. The van der Waals surface area contributed by atoms with Crippen molar-refractivity contribution in [2.45, 2.75) is 56.3 Å². The third-order valence-electron chi connectivity index (χ3n) is 8.35. The van der Waals surface area contributed by atoms with Gasteiger partial charge in [0, 0.05) is 36.7 Å². The number of benzene rings is 3. The van der Waals surface area contributed by atoms with E-state index < -0.39 is 30.2 Å². The molecule has 2 aliphatic rings. The number of aliphatic hydroxyl groups excluding tert-OH is 1. The molecule has 47 heavy (non-hydrogen) atoms. The average Bonchev–Trinajstić information content (AvgIpc) is 3.63. The molecule has 2 saturated heterocycles. The zero-order valence-electron chi connectivity index (χ0n) is 26.0. The number of nitrogens with zero attached hydrogens (tertiary/aromatic N) is 3. The molecule has 5 atom stereocenters. The Hall–Kier alpha value is -4.49. The van der Waals surface area contributed by atoms with Gasteiger partial charge in [-0.1, -0.05) is 85.4 Å². The van der Waals surface area contributed by atoms with Crippen LogP contribution in [0.5, 0.6) is 0 Å². The number of aromatic nitrogens is 2. The van der Waals surface area contributed by atoms with Crippen molar-refractivity contribution in [3.8, 4) is 0 Å². The summed E-state index contributed by atoms with van der Waals surface area (Å²) in [4.78, 5) is 44.0. The highest BCUT2D eigenvalue weighted by Gasteiger charge is 2.42. The van der Waals surface area contributed by atoms with E-state index in [0.717, 1.165) is 32.3 Å². The van der Waals surface area contributed by atoms with Crippen molar-refractivity contribution in [3.05, 3.63) is 114 Å². The van der Waals surface area contributed by atoms with Crippen LogP contribution in [0.25, 0.3) is 0 Å². The van der Waals surface area contributed by atoms with E-state index in [1.807, 2.05) is 72.4 Å². The summed E-state index contributed by atoms with van der Waals surface area (Å²) in [5, 5.41) is 12.9. The van der Waals surface area contributed by atoms with Crippen LogP contribution in [0, 0.1) is 5.92 Å². The maximum Gasteiger partial charge on any atom is 0.408 e. The molecule has 0 radical (unpaired) electrons. The molecule has 2 aliphatic heterocycles. The molecule has 244 valence electrons. The standard InChI is InChI=1S/C35H36N4O7S/c1-22-29(21-47-34-36-16-17-38(34)2)45-33(46-31(22)25-10-8-23(19-40)9-11-25)26-12-14-27(15-13-26)39-30(41)18-28(32(39)42)37-35(43)44-20-24-6-4-3-5-7-24/h3-17,22,28-29,31,33,40H,18-21H2,1-2H3,(H,37,43). The Bertz CT molecular complexity index is 1700. The van der Waals surface area contributed by atoms with Gasteiger partial charge in [-0.25, -0.2) is 14.7 Å². The number of rotatable bonds is 10. The van der Waals surface area contributed by atoms with Gasteiger partial charge in [-0.2, -0.15) is 0 Å². The van der Waals surface area contributed by atoms with E-state index in [0.29, 0.717) is 11.4 Å².